The maximum absolute atomic E-state index is 12.5. The molecule has 0 fully saturated rings. The first-order valence-electron chi connectivity index (χ1n) is 9.73. The van der Waals surface area contributed by atoms with E-state index in [1.807, 2.05) is 0 Å². The summed E-state index contributed by atoms with van der Waals surface area (Å²) in [4.78, 5) is 45.6. The summed E-state index contributed by atoms with van der Waals surface area (Å²) in [6.45, 7) is 1.67. The van der Waals surface area contributed by atoms with E-state index in [1.165, 1.54) is 10.6 Å². The van der Waals surface area contributed by atoms with Crippen molar-refractivity contribution in [1.82, 2.24) is 4.57 Å². The molecule has 0 atom stereocenters. The van der Waals surface area contributed by atoms with Gasteiger partial charge in [0.2, 0.25) is 0 Å². The van der Waals surface area contributed by atoms with Gasteiger partial charge in [0.05, 0.1) is 28.0 Å². The average molecular weight is 453 g/mol. The first kappa shape index (κ1) is 23.1. The van der Waals surface area contributed by atoms with Gasteiger partial charge in [-0.3, -0.25) is 30.4 Å². The van der Waals surface area contributed by atoms with Crippen LogP contribution in [0.25, 0.3) is 10.9 Å². The van der Waals surface area contributed by atoms with Crippen LogP contribution in [-0.2, 0) is 23.0 Å². The fraction of sp³-hybridized carbons (Fsp3) is 0.190. The standard InChI is InChI=1S/C21H19N5O7/c1-3-33-21(28)17(10-13-11-20(27)24(2)18-7-5-4-6-15(13)18)23-22-16-9-8-14(25(29)30)12-19(16)26(31)32/h4-9,11-12,22H,3,10H2,1-2H3/b23-17+. The molecule has 0 unspecified atom stereocenters. The highest BCUT2D eigenvalue weighted by atomic mass is 16.6. The third-order valence-corrected chi connectivity index (χ3v) is 4.81. The van der Waals surface area contributed by atoms with Crippen LogP contribution in [0.15, 0.2) is 58.4 Å². The fourth-order valence-electron chi connectivity index (χ4n) is 3.19. The topological polar surface area (TPSA) is 159 Å². The Labute approximate surface area is 186 Å². The zero-order valence-corrected chi connectivity index (χ0v) is 17.7. The number of benzene rings is 2. The zero-order valence-electron chi connectivity index (χ0n) is 17.7. The van der Waals surface area contributed by atoms with Crippen molar-refractivity contribution in [2.75, 3.05) is 12.0 Å². The number of hydrazone groups is 1. The molecule has 0 bridgehead atoms. The molecule has 0 aliphatic rings. The van der Waals surface area contributed by atoms with Gasteiger partial charge in [-0.1, -0.05) is 18.2 Å². The molecule has 0 saturated carbocycles. The Hall–Kier alpha value is -4.61. The lowest BCUT2D eigenvalue weighted by Crippen LogP contribution is -2.24. The van der Waals surface area contributed by atoms with Crippen LogP contribution in [0.5, 0.6) is 0 Å². The number of carbonyl (C=O) groups excluding carboxylic acids is 1. The molecule has 1 aromatic heterocycles. The minimum atomic E-state index is -0.802. The Morgan fingerprint density at radius 1 is 1.12 bits per heavy atom. The number of ether oxygens (including phenoxy) is 1. The van der Waals surface area contributed by atoms with Crippen molar-refractivity contribution in [3.63, 3.8) is 0 Å². The number of pyridine rings is 1. The lowest BCUT2D eigenvalue weighted by molar-refractivity contribution is -0.393. The lowest BCUT2D eigenvalue weighted by Gasteiger charge is -2.12. The molecule has 0 spiro atoms. The molecule has 12 heteroatoms. The van der Waals surface area contributed by atoms with Crippen molar-refractivity contribution in [3.8, 4) is 0 Å². The number of hydrogen-bond acceptors (Lipinski definition) is 9. The molecule has 12 nitrogen and oxygen atoms in total. The summed E-state index contributed by atoms with van der Waals surface area (Å²) < 4.78 is 6.51. The van der Waals surface area contributed by atoms with E-state index < -0.39 is 27.2 Å². The number of nitro groups is 2. The second-order valence-corrected chi connectivity index (χ2v) is 6.87. The number of rotatable bonds is 8. The minimum absolute atomic E-state index is 0.0623. The van der Waals surface area contributed by atoms with Crippen LogP contribution in [-0.4, -0.2) is 32.7 Å². The number of hydrogen-bond donors (Lipinski definition) is 1. The molecule has 170 valence electrons. The van der Waals surface area contributed by atoms with E-state index in [2.05, 4.69) is 10.5 Å². The normalized spacial score (nSPS) is 11.3. The van der Waals surface area contributed by atoms with Gasteiger partial charge in [-0.25, -0.2) is 4.79 Å². The smallest absolute Gasteiger partial charge is 0.354 e. The Morgan fingerprint density at radius 2 is 1.85 bits per heavy atom. The number of esters is 1. The largest absolute Gasteiger partial charge is 0.461 e. The van der Waals surface area contributed by atoms with Crippen molar-refractivity contribution in [2.24, 2.45) is 12.1 Å². The Balaban J connectivity index is 2.04. The summed E-state index contributed by atoms with van der Waals surface area (Å²) in [6, 6.07) is 11.5. The average Bonchev–Trinajstić information content (AvgIpc) is 2.79. The third kappa shape index (κ3) is 5.01. The first-order chi connectivity index (χ1) is 15.7. The predicted octanol–water partition coefficient (Wildman–Crippen LogP) is 2.93. The maximum atomic E-state index is 12.5. The van der Waals surface area contributed by atoms with Crippen LogP contribution in [0.1, 0.15) is 12.5 Å². The summed E-state index contributed by atoms with van der Waals surface area (Å²) in [5.41, 5.74) is 1.98. The van der Waals surface area contributed by atoms with Gasteiger partial charge in [-0.15, -0.1) is 0 Å². The minimum Gasteiger partial charge on any atom is -0.461 e. The molecular formula is C21H19N5O7. The molecule has 0 radical (unpaired) electrons. The van der Waals surface area contributed by atoms with Crippen molar-refractivity contribution < 1.29 is 19.4 Å². The molecule has 33 heavy (non-hydrogen) atoms. The van der Waals surface area contributed by atoms with Crippen molar-refractivity contribution in [1.29, 1.82) is 0 Å². The number of aromatic nitrogens is 1. The van der Waals surface area contributed by atoms with Crippen LogP contribution in [0.2, 0.25) is 0 Å². The lowest BCUT2D eigenvalue weighted by atomic mass is 10.0. The highest BCUT2D eigenvalue weighted by molar-refractivity contribution is 6.37. The molecule has 0 saturated heterocycles. The number of para-hydroxylation sites is 1. The first-order valence-corrected chi connectivity index (χ1v) is 9.73. The Kier molecular flexibility index (Phi) is 6.77. The highest BCUT2D eigenvalue weighted by Gasteiger charge is 2.21. The second kappa shape index (κ2) is 9.68. The SMILES string of the molecule is CCOC(=O)/C(Cc1cc(=O)n(C)c2ccccc12)=N/Nc1ccc([N+](=O)[O-])cc1[N+](=O)[O-]. The fourth-order valence-corrected chi connectivity index (χ4v) is 3.19. The van der Waals surface area contributed by atoms with E-state index >= 15 is 0 Å². The van der Waals surface area contributed by atoms with Crippen LogP contribution in [0.3, 0.4) is 0 Å². The van der Waals surface area contributed by atoms with E-state index in [1.54, 1.807) is 38.2 Å². The summed E-state index contributed by atoms with van der Waals surface area (Å²) in [5, 5.41) is 27.0. The number of nitro benzene ring substituents is 2. The van der Waals surface area contributed by atoms with Crippen LogP contribution in [0, 0.1) is 20.2 Å². The van der Waals surface area contributed by atoms with Gasteiger partial charge in [-0.2, -0.15) is 5.10 Å². The molecule has 0 aliphatic carbocycles. The van der Waals surface area contributed by atoms with E-state index in [0.717, 1.165) is 23.6 Å². The molecule has 1 heterocycles. The number of aryl methyl sites for hydroxylation is 1. The predicted molar refractivity (Wildman–Crippen MR) is 120 cm³/mol. The number of fused-ring (bicyclic) bond motifs is 1. The van der Waals surface area contributed by atoms with E-state index in [-0.39, 0.29) is 30.0 Å². The zero-order chi connectivity index (χ0) is 24.1. The number of nitrogens with zero attached hydrogens (tertiary/aromatic N) is 4. The Morgan fingerprint density at radius 3 is 2.52 bits per heavy atom. The monoisotopic (exact) mass is 453 g/mol. The summed E-state index contributed by atoms with van der Waals surface area (Å²) in [6.07, 6.45) is -0.0940. The number of anilines is 1. The second-order valence-electron chi connectivity index (χ2n) is 6.87. The van der Waals surface area contributed by atoms with Gasteiger partial charge in [0.15, 0.2) is 0 Å². The quantitative estimate of drug-likeness (QED) is 0.236. The van der Waals surface area contributed by atoms with E-state index in [9.17, 15) is 29.8 Å². The number of non-ortho nitro benzene ring substituents is 1. The number of carbonyl (C=O) groups is 1. The van der Waals surface area contributed by atoms with Gasteiger partial charge < -0.3 is 9.30 Å². The van der Waals surface area contributed by atoms with Crippen molar-refractivity contribution >= 4 is 39.6 Å². The van der Waals surface area contributed by atoms with Gasteiger partial charge in [0.25, 0.3) is 11.2 Å². The van der Waals surface area contributed by atoms with Crippen LogP contribution >= 0.6 is 0 Å². The molecule has 3 rings (SSSR count). The molecule has 0 amide bonds. The summed E-state index contributed by atoms with van der Waals surface area (Å²) in [7, 11) is 1.63. The third-order valence-electron chi connectivity index (χ3n) is 4.81. The molecule has 3 aromatic rings. The van der Waals surface area contributed by atoms with E-state index in [4.69, 9.17) is 4.74 Å². The molecule has 0 aliphatic heterocycles. The molecule has 1 N–H and O–H groups in total. The van der Waals surface area contributed by atoms with Gasteiger partial charge >= 0.3 is 11.7 Å². The summed E-state index contributed by atoms with van der Waals surface area (Å²) in [5.74, 6) is -0.778. The molecule has 2 aromatic carbocycles. The molecular weight excluding hydrogens is 434 g/mol. The van der Waals surface area contributed by atoms with Crippen molar-refractivity contribution in [3.05, 3.63) is 84.7 Å². The van der Waals surface area contributed by atoms with Gasteiger partial charge in [0, 0.05) is 31.0 Å². The maximum Gasteiger partial charge on any atom is 0.354 e. The number of nitrogens with one attached hydrogen (secondary N) is 1. The van der Waals surface area contributed by atoms with Crippen LogP contribution in [0.4, 0.5) is 17.1 Å². The summed E-state index contributed by atoms with van der Waals surface area (Å²) >= 11 is 0. The highest BCUT2D eigenvalue weighted by Crippen LogP contribution is 2.29. The van der Waals surface area contributed by atoms with Gasteiger partial charge in [-0.05, 0) is 24.6 Å². The Bertz CT molecular complexity index is 1350. The van der Waals surface area contributed by atoms with Crippen molar-refractivity contribution in [2.45, 2.75) is 13.3 Å². The van der Waals surface area contributed by atoms with Crippen LogP contribution < -0.4 is 11.0 Å². The van der Waals surface area contributed by atoms with E-state index in [0.29, 0.717) is 11.1 Å². The van der Waals surface area contributed by atoms with Gasteiger partial charge in [0.1, 0.15) is 11.4 Å².